The molecule has 3 rings (SSSR count). The molecule has 0 saturated carbocycles. The van der Waals surface area contributed by atoms with E-state index >= 15 is 0 Å². The van der Waals surface area contributed by atoms with Crippen molar-refractivity contribution in [3.63, 3.8) is 0 Å². The smallest absolute Gasteiger partial charge is 0.231 e. The topological polar surface area (TPSA) is 30.5 Å². The zero-order valence-electron chi connectivity index (χ0n) is 12.2. The summed E-state index contributed by atoms with van der Waals surface area (Å²) in [5.74, 6) is 1.61. The van der Waals surface area contributed by atoms with Gasteiger partial charge in [0.1, 0.15) is 0 Å². The molecule has 1 aliphatic rings. The van der Waals surface area contributed by atoms with Gasteiger partial charge in [0, 0.05) is 12.6 Å². The molecule has 1 aliphatic heterocycles. The summed E-state index contributed by atoms with van der Waals surface area (Å²) in [6, 6.07) is 13.0. The number of ether oxygens (including phenoxy) is 2. The van der Waals surface area contributed by atoms with Gasteiger partial charge in [0.15, 0.2) is 11.5 Å². The normalized spacial score (nSPS) is 14.2. The molecule has 0 saturated heterocycles. The van der Waals surface area contributed by atoms with Crippen LogP contribution in [0.15, 0.2) is 40.9 Å². The SMILES string of the molecule is Cc1cccc([C@@H](C)NCc2cc(Br)c3c(c2)OCO3)c1. The molecule has 1 atom stereocenters. The molecule has 0 bridgehead atoms. The third-order valence-corrected chi connectivity index (χ3v) is 4.23. The first-order chi connectivity index (χ1) is 10.1. The van der Waals surface area contributed by atoms with E-state index in [0.717, 1.165) is 22.5 Å². The summed E-state index contributed by atoms with van der Waals surface area (Å²) in [6.07, 6.45) is 0. The van der Waals surface area contributed by atoms with Crippen molar-refractivity contribution in [3.8, 4) is 11.5 Å². The van der Waals surface area contributed by atoms with Gasteiger partial charge in [0.05, 0.1) is 4.47 Å². The lowest BCUT2D eigenvalue weighted by atomic mass is 10.1. The summed E-state index contributed by atoms with van der Waals surface area (Å²) in [6.45, 7) is 5.37. The highest BCUT2D eigenvalue weighted by molar-refractivity contribution is 9.10. The van der Waals surface area contributed by atoms with Gasteiger partial charge in [-0.2, -0.15) is 0 Å². The van der Waals surface area contributed by atoms with Crippen molar-refractivity contribution in [1.82, 2.24) is 5.32 Å². The molecular formula is C17H18BrNO2. The summed E-state index contributed by atoms with van der Waals surface area (Å²) in [5, 5.41) is 3.54. The molecule has 110 valence electrons. The van der Waals surface area contributed by atoms with E-state index in [2.05, 4.69) is 65.4 Å². The van der Waals surface area contributed by atoms with E-state index in [1.165, 1.54) is 16.7 Å². The van der Waals surface area contributed by atoms with Gasteiger partial charge in [0.2, 0.25) is 6.79 Å². The summed E-state index contributed by atoms with van der Waals surface area (Å²) in [7, 11) is 0. The Kier molecular flexibility index (Phi) is 4.17. The molecule has 4 heteroatoms. The fourth-order valence-corrected chi connectivity index (χ4v) is 3.05. The number of nitrogens with one attached hydrogen (secondary N) is 1. The molecule has 0 unspecified atom stereocenters. The zero-order chi connectivity index (χ0) is 14.8. The van der Waals surface area contributed by atoms with Gasteiger partial charge < -0.3 is 14.8 Å². The molecule has 2 aromatic carbocycles. The van der Waals surface area contributed by atoms with Gasteiger partial charge >= 0.3 is 0 Å². The fraction of sp³-hybridized carbons (Fsp3) is 0.294. The molecule has 0 fully saturated rings. The predicted octanol–water partition coefficient (Wildman–Crippen LogP) is 4.34. The van der Waals surface area contributed by atoms with Crippen molar-refractivity contribution in [2.24, 2.45) is 0 Å². The van der Waals surface area contributed by atoms with Crippen molar-refractivity contribution in [1.29, 1.82) is 0 Å². The van der Waals surface area contributed by atoms with Gasteiger partial charge in [-0.1, -0.05) is 29.8 Å². The highest BCUT2D eigenvalue weighted by Crippen LogP contribution is 2.40. The number of hydrogen-bond acceptors (Lipinski definition) is 3. The average molecular weight is 348 g/mol. The van der Waals surface area contributed by atoms with Gasteiger partial charge in [0.25, 0.3) is 0 Å². The number of halogens is 1. The lowest BCUT2D eigenvalue weighted by Gasteiger charge is -2.15. The lowest BCUT2D eigenvalue weighted by Crippen LogP contribution is -2.18. The molecule has 0 radical (unpaired) electrons. The number of aryl methyl sites for hydroxylation is 1. The Morgan fingerprint density at radius 3 is 2.90 bits per heavy atom. The Morgan fingerprint density at radius 2 is 2.10 bits per heavy atom. The van der Waals surface area contributed by atoms with Crippen LogP contribution in [0, 0.1) is 6.92 Å². The first-order valence-electron chi connectivity index (χ1n) is 7.01. The molecule has 0 aliphatic carbocycles. The Balaban J connectivity index is 1.69. The Bertz CT molecular complexity index is 657. The van der Waals surface area contributed by atoms with E-state index in [-0.39, 0.29) is 0 Å². The fourth-order valence-electron chi connectivity index (χ4n) is 2.45. The van der Waals surface area contributed by atoms with Gasteiger partial charge in [-0.3, -0.25) is 0 Å². The van der Waals surface area contributed by atoms with Gasteiger partial charge in [-0.05, 0) is 53.0 Å². The molecule has 3 nitrogen and oxygen atoms in total. The second kappa shape index (κ2) is 6.08. The first-order valence-corrected chi connectivity index (χ1v) is 7.81. The zero-order valence-corrected chi connectivity index (χ0v) is 13.7. The predicted molar refractivity (Wildman–Crippen MR) is 86.7 cm³/mol. The van der Waals surface area contributed by atoms with E-state index in [1.54, 1.807) is 0 Å². The maximum Gasteiger partial charge on any atom is 0.231 e. The molecule has 2 aromatic rings. The first kappa shape index (κ1) is 14.4. The van der Waals surface area contributed by atoms with Crippen LogP contribution >= 0.6 is 15.9 Å². The minimum absolute atomic E-state index is 0.296. The summed E-state index contributed by atoms with van der Waals surface area (Å²) in [5.41, 5.74) is 3.76. The van der Waals surface area contributed by atoms with Gasteiger partial charge in [-0.15, -0.1) is 0 Å². The standard InChI is InChI=1S/C17H18BrNO2/c1-11-4-3-5-14(6-11)12(2)19-9-13-7-15(18)17-16(8-13)20-10-21-17/h3-8,12,19H,9-10H2,1-2H3/t12-/m1/s1. The minimum atomic E-state index is 0.296. The van der Waals surface area contributed by atoms with E-state index < -0.39 is 0 Å². The van der Waals surface area contributed by atoms with Crippen LogP contribution in [0.3, 0.4) is 0 Å². The molecule has 0 amide bonds. The number of benzene rings is 2. The van der Waals surface area contributed by atoms with Crippen LogP contribution in [0.2, 0.25) is 0 Å². The van der Waals surface area contributed by atoms with Crippen molar-refractivity contribution in [2.45, 2.75) is 26.4 Å². The van der Waals surface area contributed by atoms with Crippen LogP contribution in [0.5, 0.6) is 11.5 Å². The van der Waals surface area contributed by atoms with E-state index in [4.69, 9.17) is 9.47 Å². The largest absolute Gasteiger partial charge is 0.454 e. The van der Waals surface area contributed by atoms with Crippen molar-refractivity contribution >= 4 is 15.9 Å². The molecular weight excluding hydrogens is 330 g/mol. The van der Waals surface area contributed by atoms with Crippen LogP contribution < -0.4 is 14.8 Å². The van der Waals surface area contributed by atoms with Crippen LogP contribution in [0.1, 0.15) is 29.7 Å². The molecule has 1 N–H and O–H groups in total. The van der Waals surface area contributed by atoms with Crippen LogP contribution in [0.25, 0.3) is 0 Å². The number of fused-ring (bicyclic) bond motifs is 1. The molecule has 0 aromatic heterocycles. The third kappa shape index (κ3) is 3.22. The second-order valence-electron chi connectivity index (χ2n) is 5.33. The Morgan fingerprint density at radius 1 is 1.24 bits per heavy atom. The maximum atomic E-state index is 5.45. The number of rotatable bonds is 4. The summed E-state index contributed by atoms with van der Waals surface area (Å²) in [4.78, 5) is 0. The highest BCUT2D eigenvalue weighted by atomic mass is 79.9. The van der Waals surface area contributed by atoms with Crippen molar-refractivity contribution in [3.05, 3.63) is 57.6 Å². The van der Waals surface area contributed by atoms with E-state index in [9.17, 15) is 0 Å². The molecule has 1 heterocycles. The van der Waals surface area contributed by atoms with Gasteiger partial charge in [-0.25, -0.2) is 0 Å². The number of hydrogen-bond donors (Lipinski definition) is 1. The summed E-state index contributed by atoms with van der Waals surface area (Å²) >= 11 is 3.53. The van der Waals surface area contributed by atoms with Crippen molar-refractivity contribution in [2.75, 3.05) is 6.79 Å². The third-order valence-electron chi connectivity index (χ3n) is 3.64. The van der Waals surface area contributed by atoms with Crippen LogP contribution in [-0.2, 0) is 6.54 Å². The lowest BCUT2D eigenvalue weighted by molar-refractivity contribution is 0.173. The monoisotopic (exact) mass is 347 g/mol. The van der Waals surface area contributed by atoms with E-state index in [0.29, 0.717) is 12.8 Å². The molecule has 21 heavy (non-hydrogen) atoms. The summed E-state index contributed by atoms with van der Waals surface area (Å²) < 4.78 is 11.8. The highest BCUT2D eigenvalue weighted by Gasteiger charge is 2.18. The van der Waals surface area contributed by atoms with Crippen LogP contribution in [-0.4, -0.2) is 6.79 Å². The van der Waals surface area contributed by atoms with Crippen LogP contribution in [0.4, 0.5) is 0 Å². The molecule has 0 spiro atoms. The Labute approximate surface area is 133 Å². The van der Waals surface area contributed by atoms with E-state index in [1.807, 2.05) is 6.07 Å². The van der Waals surface area contributed by atoms with Crippen molar-refractivity contribution < 1.29 is 9.47 Å². The minimum Gasteiger partial charge on any atom is -0.454 e. The quantitative estimate of drug-likeness (QED) is 0.892. The Hall–Kier alpha value is -1.52. The average Bonchev–Trinajstić information content (AvgIpc) is 2.93. The maximum absolute atomic E-state index is 5.45. The second-order valence-corrected chi connectivity index (χ2v) is 6.18.